The van der Waals surface area contributed by atoms with Crippen LogP contribution in [-0.4, -0.2) is 54.8 Å². The van der Waals surface area contributed by atoms with Crippen molar-refractivity contribution in [3.05, 3.63) is 28.8 Å². The van der Waals surface area contributed by atoms with Gasteiger partial charge in [0.1, 0.15) is 0 Å². The molecule has 0 aliphatic carbocycles. The molecular formula is C14H15ClF3N3O2. The van der Waals surface area contributed by atoms with Gasteiger partial charge in [-0.05, 0) is 18.2 Å². The Bertz CT molecular complexity index is 587. The van der Waals surface area contributed by atoms with Gasteiger partial charge in [-0.15, -0.1) is 0 Å². The summed E-state index contributed by atoms with van der Waals surface area (Å²) >= 11 is 5.60. The van der Waals surface area contributed by atoms with Crippen LogP contribution in [0.2, 0.25) is 5.02 Å². The van der Waals surface area contributed by atoms with Crippen molar-refractivity contribution in [1.29, 1.82) is 0 Å². The van der Waals surface area contributed by atoms with Crippen LogP contribution in [0.1, 0.15) is 5.56 Å². The molecule has 0 radical (unpaired) electrons. The molecule has 0 atom stereocenters. The number of halogens is 4. The monoisotopic (exact) mass is 349 g/mol. The third kappa shape index (κ3) is 4.51. The van der Waals surface area contributed by atoms with E-state index < -0.39 is 11.7 Å². The molecule has 1 aromatic rings. The number of nitrogens with zero attached hydrogens (tertiary/aromatic N) is 2. The molecule has 9 heteroatoms. The van der Waals surface area contributed by atoms with E-state index in [0.717, 1.165) is 6.07 Å². The quantitative estimate of drug-likeness (QED) is 0.847. The number of anilines is 1. The maximum absolute atomic E-state index is 13.0. The van der Waals surface area contributed by atoms with Crippen molar-refractivity contribution in [2.45, 2.75) is 6.18 Å². The predicted molar refractivity (Wildman–Crippen MR) is 79.2 cm³/mol. The Labute approximate surface area is 136 Å². The zero-order valence-corrected chi connectivity index (χ0v) is 12.8. The fourth-order valence-corrected chi connectivity index (χ4v) is 2.44. The van der Waals surface area contributed by atoms with Crippen molar-refractivity contribution < 1.29 is 22.8 Å². The zero-order valence-electron chi connectivity index (χ0n) is 12.1. The highest BCUT2D eigenvalue weighted by Crippen LogP contribution is 2.36. The highest BCUT2D eigenvalue weighted by Gasteiger charge is 2.34. The normalized spacial score (nSPS) is 15.5. The Hall–Kier alpha value is -1.96. The van der Waals surface area contributed by atoms with Gasteiger partial charge in [-0.3, -0.25) is 9.59 Å². The highest BCUT2D eigenvalue weighted by molar-refractivity contribution is 6.30. The minimum atomic E-state index is -4.56. The molecule has 0 bridgehead atoms. The Morgan fingerprint density at radius 1 is 1.26 bits per heavy atom. The second-order valence-corrected chi connectivity index (χ2v) is 5.50. The number of piperazine rings is 1. The molecule has 1 fully saturated rings. The van der Waals surface area contributed by atoms with Gasteiger partial charge in [-0.25, -0.2) is 0 Å². The van der Waals surface area contributed by atoms with Crippen LogP contribution in [0.3, 0.4) is 0 Å². The van der Waals surface area contributed by atoms with Crippen molar-refractivity contribution in [3.8, 4) is 0 Å². The SMILES string of the molecule is O=CN1CCN(C(=O)CNc2ccc(Cl)cc2C(F)(F)F)CC1. The van der Waals surface area contributed by atoms with E-state index in [2.05, 4.69) is 5.32 Å². The number of hydrogen-bond acceptors (Lipinski definition) is 3. The van der Waals surface area contributed by atoms with E-state index in [9.17, 15) is 22.8 Å². The Balaban J connectivity index is 1.98. The summed E-state index contributed by atoms with van der Waals surface area (Å²) in [7, 11) is 0. The van der Waals surface area contributed by atoms with Gasteiger partial charge in [0.15, 0.2) is 0 Å². The van der Waals surface area contributed by atoms with Crippen LogP contribution in [0.4, 0.5) is 18.9 Å². The first-order valence-electron chi connectivity index (χ1n) is 6.89. The molecule has 1 saturated heterocycles. The lowest BCUT2D eigenvalue weighted by atomic mass is 10.1. The largest absolute Gasteiger partial charge is 0.418 e. The van der Waals surface area contributed by atoms with Crippen LogP contribution in [-0.2, 0) is 15.8 Å². The molecule has 2 rings (SSSR count). The Morgan fingerprint density at radius 2 is 1.91 bits per heavy atom. The van der Waals surface area contributed by atoms with Crippen molar-refractivity contribution >= 4 is 29.6 Å². The number of rotatable bonds is 4. The Morgan fingerprint density at radius 3 is 2.48 bits per heavy atom. The molecular weight excluding hydrogens is 335 g/mol. The predicted octanol–water partition coefficient (Wildman–Crippen LogP) is 2.07. The van der Waals surface area contributed by atoms with Gasteiger partial charge in [-0.2, -0.15) is 13.2 Å². The van der Waals surface area contributed by atoms with Gasteiger partial charge in [0.25, 0.3) is 0 Å². The number of benzene rings is 1. The van der Waals surface area contributed by atoms with Crippen molar-refractivity contribution in [3.63, 3.8) is 0 Å². The second-order valence-electron chi connectivity index (χ2n) is 5.06. The van der Waals surface area contributed by atoms with E-state index in [1.54, 1.807) is 0 Å². The number of hydrogen-bond donors (Lipinski definition) is 1. The van der Waals surface area contributed by atoms with Crippen LogP contribution in [0.5, 0.6) is 0 Å². The number of carbonyl (C=O) groups excluding carboxylic acids is 2. The number of alkyl halides is 3. The van der Waals surface area contributed by atoms with E-state index in [4.69, 9.17) is 11.6 Å². The zero-order chi connectivity index (χ0) is 17.0. The molecule has 1 N–H and O–H groups in total. The van der Waals surface area contributed by atoms with Gasteiger partial charge >= 0.3 is 6.18 Å². The first-order valence-corrected chi connectivity index (χ1v) is 7.27. The van der Waals surface area contributed by atoms with Crippen LogP contribution < -0.4 is 5.32 Å². The first-order chi connectivity index (χ1) is 10.8. The van der Waals surface area contributed by atoms with E-state index in [-0.39, 0.29) is 23.2 Å². The third-order valence-corrected chi connectivity index (χ3v) is 3.77. The van der Waals surface area contributed by atoms with Gasteiger partial charge in [0, 0.05) is 36.9 Å². The first kappa shape index (κ1) is 17.4. The minimum absolute atomic E-state index is 0.0285. The fraction of sp³-hybridized carbons (Fsp3) is 0.429. The lowest BCUT2D eigenvalue weighted by Crippen LogP contribution is -2.49. The molecule has 0 unspecified atom stereocenters. The second kappa shape index (κ2) is 7.08. The molecule has 0 saturated carbocycles. The van der Waals surface area contributed by atoms with E-state index >= 15 is 0 Å². The fourth-order valence-electron chi connectivity index (χ4n) is 2.26. The summed E-state index contributed by atoms with van der Waals surface area (Å²) in [6.45, 7) is 1.32. The maximum Gasteiger partial charge on any atom is 0.418 e. The summed E-state index contributed by atoms with van der Waals surface area (Å²) < 4.78 is 38.9. The smallest absolute Gasteiger partial charge is 0.376 e. The van der Waals surface area contributed by atoms with Crippen molar-refractivity contribution in [2.24, 2.45) is 0 Å². The summed E-state index contributed by atoms with van der Waals surface area (Å²) in [5, 5.41) is 2.49. The topological polar surface area (TPSA) is 52.7 Å². The van der Waals surface area contributed by atoms with E-state index in [0.29, 0.717) is 32.6 Å². The molecule has 1 aliphatic rings. The molecule has 1 heterocycles. The van der Waals surface area contributed by atoms with Gasteiger partial charge < -0.3 is 15.1 Å². The molecule has 2 amide bonds. The van der Waals surface area contributed by atoms with Crippen LogP contribution in [0, 0.1) is 0 Å². The van der Waals surface area contributed by atoms with Crippen LogP contribution in [0.25, 0.3) is 0 Å². The molecule has 126 valence electrons. The summed E-state index contributed by atoms with van der Waals surface area (Å²) in [5.41, 5.74) is -1.11. The Kier molecular flexibility index (Phi) is 5.35. The summed E-state index contributed by atoms with van der Waals surface area (Å²) in [6, 6.07) is 3.34. The van der Waals surface area contributed by atoms with Gasteiger partial charge in [-0.1, -0.05) is 11.6 Å². The van der Waals surface area contributed by atoms with E-state index in [1.165, 1.54) is 21.9 Å². The summed E-state index contributed by atoms with van der Waals surface area (Å²) in [4.78, 5) is 25.7. The molecule has 5 nitrogen and oxygen atoms in total. The molecule has 0 aromatic heterocycles. The maximum atomic E-state index is 13.0. The van der Waals surface area contributed by atoms with E-state index in [1.807, 2.05) is 0 Å². The minimum Gasteiger partial charge on any atom is -0.376 e. The number of carbonyl (C=O) groups is 2. The third-order valence-electron chi connectivity index (χ3n) is 3.53. The number of amides is 2. The average molecular weight is 350 g/mol. The average Bonchev–Trinajstić information content (AvgIpc) is 2.52. The lowest BCUT2D eigenvalue weighted by molar-refractivity contribution is -0.137. The highest BCUT2D eigenvalue weighted by atomic mass is 35.5. The molecule has 0 spiro atoms. The lowest BCUT2D eigenvalue weighted by Gasteiger charge is -2.32. The molecule has 23 heavy (non-hydrogen) atoms. The summed E-state index contributed by atoms with van der Waals surface area (Å²) in [5.74, 6) is -0.321. The van der Waals surface area contributed by atoms with Crippen LogP contribution in [0.15, 0.2) is 18.2 Å². The molecule has 1 aliphatic heterocycles. The summed E-state index contributed by atoms with van der Waals surface area (Å²) in [6.07, 6.45) is -3.85. The number of nitrogens with one attached hydrogen (secondary N) is 1. The van der Waals surface area contributed by atoms with Gasteiger partial charge in [0.2, 0.25) is 12.3 Å². The molecule has 1 aromatic carbocycles. The van der Waals surface area contributed by atoms with Crippen molar-refractivity contribution in [2.75, 3.05) is 38.0 Å². The van der Waals surface area contributed by atoms with Gasteiger partial charge in [0.05, 0.1) is 12.1 Å². The standard InChI is InChI=1S/C14H15ClF3N3O2/c15-10-1-2-12(11(7-10)14(16,17)18)19-8-13(23)21-5-3-20(9-22)4-6-21/h1-2,7,9,19H,3-6,8H2. The van der Waals surface area contributed by atoms with Crippen molar-refractivity contribution in [1.82, 2.24) is 9.80 Å². The van der Waals surface area contributed by atoms with Crippen LogP contribution >= 0.6 is 11.6 Å².